The van der Waals surface area contributed by atoms with Crippen molar-refractivity contribution in [3.63, 3.8) is 0 Å². The average molecular weight is 312 g/mol. The van der Waals surface area contributed by atoms with Gasteiger partial charge in [0.05, 0.1) is 11.5 Å². The van der Waals surface area contributed by atoms with Gasteiger partial charge in [0, 0.05) is 24.3 Å². The second-order valence-corrected chi connectivity index (χ2v) is 7.88. The van der Waals surface area contributed by atoms with Crippen LogP contribution in [0.25, 0.3) is 0 Å². The Morgan fingerprint density at radius 2 is 1.90 bits per heavy atom. The minimum absolute atomic E-state index is 0.00748. The topological polar surface area (TPSA) is 87.3 Å². The van der Waals surface area contributed by atoms with Gasteiger partial charge < -0.3 is 9.88 Å². The van der Waals surface area contributed by atoms with Crippen LogP contribution in [-0.4, -0.2) is 54.6 Å². The first-order chi connectivity index (χ1) is 9.64. The molecule has 1 atom stereocenters. The number of sulfone groups is 1. The Kier molecular flexibility index (Phi) is 3.97. The lowest BCUT2D eigenvalue weighted by atomic mass is 10.1. The summed E-state index contributed by atoms with van der Waals surface area (Å²) in [5, 5.41) is 0. The van der Waals surface area contributed by atoms with Crippen molar-refractivity contribution >= 4 is 21.5 Å². The van der Waals surface area contributed by atoms with Gasteiger partial charge in [-0.25, -0.2) is 8.42 Å². The maximum Gasteiger partial charge on any atom is 0.270 e. The van der Waals surface area contributed by atoms with Crippen molar-refractivity contribution in [2.75, 3.05) is 18.6 Å². The van der Waals surface area contributed by atoms with Crippen molar-refractivity contribution in [1.29, 1.82) is 0 Å². The van der Waals surface area contributed by atoms with Gasteiger partial charge >= 0.3 is 0 Å². The fourth-order valence-electron chi connectivity index (χ4n) is 2.91. The number of aryl methyl sites for hydroxylation is 1. The van der Waals surface area contributed by atoms with Crippen LogP contribution in [0.15, 0.2) is 0 Å². The van der Waals surface area contributed by atoms with E-state index in [1.165, 1.54) is 11.8 Å². The number of nitrogens with zero attached hydrogens (tertiary/aromatic N) is 1. The van der Waals surface area contributed by atoms with Gasteiger partial charge in [-0.1, -0.05) is 0 Å². The van der Waals surface area contributed by atoms with E-state index in [9.17, 15) is 18.0 Å². The zero-order valence-corrected chi connectivity index (χ0v) is 13.5. The van der Waals surface area contributed by atoms with Crippen LogP contribution in [0.1, 0.15) is 45.4 Å². The van der Waals surface area contributed by atoms with Gasteiger partial charge in [0.25, 0.3) is 5.91 Å². The molecule has 1 aliphatic rings. The molecule has 1 aromatic rings. The summed E-state index contributed by atoms with van der Waals surface area (Å²) in [6.07, 6.45) is 0.461. The zero-order valence-electron chi connectivity index (χ0n) is 12.7. The summed E-state index contributed by atoms with van der Waals surface area (Å²) in [5.74, 6) is -0.235. The Morgan fingerprint density at radius 3 is 2.33 bits per heavy atom. The molecule has 1 aromatic heterocycles. The second-order valence-electron chi connectivity index (χ2n) is 5.65. The van der Waals surface area contributed by atoms with E-state index < -0.39 is 9.84 Å². The number of hydrogen-bond acceptors (Lipinski definition) is 4. The van der Waals surface area contributed by atoms with Gasteiger partial charge in [-0.3, -0.25) is 9.59 Å². The summed E-state index contributed by atoms with van der Waals surface area (Å²) in [7, 11) is -1.43. The minimum Gasteiger partial charge on any atom is -0.354 e. The molecule has 2 rings (SSSR count). The van der Waals surface area contributed by atoms with Crippen molar-refractivity contribution in [1.82, 2.24) is 9.88 Å². The number of amides is 1. The molecule has 0 aromatic carbocycles. The van der Waals surface area contributed by atoms with E-state index in [0.29, 0.717) is 28.9 Å². The van der Waals surface area contributed by atoms with E-state index in [1.807, 2.05) is 0 Å². The number of hydrogen-bond donors (Lipinski definition) is 1. The van der Waals surface area contributed by atoms with E-state index >= 15 is 0 Å². The molecule has 6 nitrogen and oxygen atoms in total. The number of nitrogens with one attached hydrogen (secondary N) is 1. The van der Waals surface area contributed by atoms with Crippen LogP contribution in [-0.2, 0) is 9.84 Å². The molecule has 0 radical (unpaired) electrons. The van der Waals surface area contributed by atoms with E-state index in [1.54, 1.807) is 20.9 Å². The highest BCUT2D eigenvalue weighted by atomic mass is 32.2. The Labute approximate surface area is 124 Å². The third-order valence-electron chi connectivity index (χ3n) is 4.08. The Balaban J connectivity index is 2.29. The number of Topliss-reactive ketones (excluding diaryl/α,β-unsaturated/α-hetero) is 1. The largest absolute Gasteiger partial charge is 0.354 e. The molecule has 1 N–H and O–H groups in total. The second kappa shape index (κ2) is 5.29. The van der Waals surface area contributed by atoms with Gasteiger partial charge in [-0.15, -0.1) is 0 Å². The third kappa shape index (κ3) is 2.88. The predicted octanol–water partition coefficient (Wildman–Crippen LogP) is 1.09. The van der Waals surface area contributed by atoms with Gasteiger partial charge in [-0.05, 0) is 32.8 Å². The van der Waals surface area contributed by atoms with Crippen LogP contribution in [0.5, 0.6) is 0 Å². The fraction of sp³-hybridized carbons (Fsp3) is 0.571. The lowest BCUT2D eigenvalue weighted by Gasteiger charge is -2.23. The van der Waals surface area contributed by atoms with Gasteiger partial charge in [0.15, 0.2) is 15.6 Å². The van der Waals surface area contributed by atoms with Gasteiger partial charge in [0.1, 0.15) is 5.69 Å². The third-order valence-corrected chi connectivity index (χ3v) is 5.83. The maximum absolute atomic E-state index is 12.5. The summed E-state index contributed by atoms with van der Waals surface area (Å²) in [5.41, 5.74) is 2.18. The number of H-pyrrole nitrogens is 1. The summed E-state index contributed by atoms with van der Waals surface area (Å²) in [4.78, 5) is 28.6. The van der Waals surface area contributed by atoms with Crippen LogP contribution >= 0.6 is 0 Å². The van der Waals surface area contributed by atoms with Crippen LogP contribution in [0, 0.1) is 13.8 Å². The molecular weight excluding hydrogens is 292 g/mol. The van der Waals surface area contributed by atoms with Crippen molar-refractivity contribution in [2.24, 2.45) is 0 Å². The first kappa shape index (κ1) is 15.8. The number of carbonyl (C=O) groups excluding carboxylic acids is 2. The van der Waals surface area contributed by atoms with Gasteiger partial charge in [-0.2, -0.15) is 0 Å². The van der Waals surface area contributed by atoms with Crippen LogP contribution in [0.2, 0.25) is 0 Å². The van der Waals surface area contributed by atoms with E-state index in [4.69, 9.17) is 0 Å². The summed E-state index contributed by atoms with van der Waals surface area (Å²) >= 11 is 0. The number of aromatic nitrogens is 1. The normalized spacial score (nSPS) is 20.5. The molecule has 0 bridgehead atoms. The molecule has 1 amide bonds. The molecule has 116 valence electrons. The lowest BCUT2D eigenvalue weighted by Crippen LogP contribution is -2.38. The number of ketones is 1. The maximum atomic E-state index is 12.5. The monoisotopic (exact) mass is 312 g/mol. The van der Waals surface area contributed by atoms with E-state index in [-0.39, 0.29) is 29.2 Å². The number of aromatic amines is 1. The molecule has 7 heteroatoms. The predicted molar refractivity (Wildman–Crippen MR) is 79.4 cm³/mol. The van der Waals surface area contributed by atoms with Crippen LogP contribution in [0.4, 0.5) is 0 Å². The Hall–Kier alpha value is -1.63. The van der Waals surface area contributed by atoms with Crippen LogP contribution < -0.4 is 0 Å². The first-order valence-electron chi connectivity index (χ1n) is 6.81. The van der Waals surface area contributed by atoms with E-state index in [0.717, 1.165) is 0 Å². The summed E-state index contributed by atoms with van der Waals surface area (Å²) < 4.78 is 23.1. The van der Waals surface area contributed by atoms with Gasteiger partial charge in [0.2, 0.25) is 0 Å². The van der Waals surface area contributed by atoms with Crippen molar-refractivity contribution in [3.05, 3.63) is 22.5 Å². The van der Waals surface area contributed by atoms with E-state index in [2.05, 4.69) is 4.98 Å². The summed E-state index contributed by atoms with van der Waals surface area (Å²) in [6.45, 7) is 4.94. The lowest BCUT2D eigenvalue weighted by molar-refractivity contribution is 0.0741. The molecule has 1 aliphatic heterocycles. The molecule has 0 spiro atoms. The molecule has 21 heavy (non-hydrogen) atoms. The first-order valence-corrected chi connectivity index (χ1v) is 8.64. The highest BCUT2D eigenvalue weighted by Crippen LogP contribution is 2.23. The Bertz CT molecular complexity index is 703. The molecular formula is C14H20N2O4S. The molecule has 1 saturated heterocycles. The number of carbonyl (C=O) groups is 2. The molecule has 0 aliphatic carbocycles. The van der Waals surface area contributed by atoms with Crippen molar-refractivity contribution in [3.8, 4) is 0 Å². The van der Waals surface area contributed by atoms with Crippen molar-refractivity contribution in [2.45, 2.75) is 33.2 Å². The standard InChI is InChI=1S/C14H20N2O4S/c1-8-12(10(3)17)9(2)15-13(8)14(18)16(4)11-5-6-21(19,20)7-11/h11,15H,5-7H2,1-4H3/t11-/m1/s1. The zero-order chi connectivity index (χ0) is 15.9. The quantitative estimate of drug-likeness (QED) is 0.846. The summed E-state index contributed by atoms with van der Waals surface area (Å²) in [6, 6.07) is -0.300. The smallest absolute Gasteiger partial charge is 0.270 e. The molecule has 1 fully saturated rings. The Morgan fingerprint density at radius 1 is 1.29 bits per heavy atom. The minimum atomic E-state index is -3.04. The highest BCUT2D eigenvalue weighted by molar-refractivity contribution is 7.91. The SMILES string of the molecule is CC(=O)c1c(C)[nH]c(C(=O)N(C)[C@@H]2CCS(=O)(=O)C2)c1C. The molecule has 0 unspecified atom stereocenters. The van der Waals surface area contributed by atoms with Crippen molar-refractivity contribution < 1.29 is 18.0 Å². The van der Waals surface area contributed by atoms with Crippen LogP contribution in [0.3, 0.4) is 0 Å². The highest BCUT2D eigenvalue weighted by Gasteiger charge is 2.34. The fourth-order valence-corrected chi connectivity index (χ4v) is 4.69. The number of rotatable bonds is 3. The molecule has 2 heterocycles. The molecule has 0 saturated carbocycles. The average Bonchev–Trinajstić information content (AvgIpc) is 2.87.